The molecule has 0 aromatic carbocycles. The fourth-order valence-electron chi connectivity index (χ4n) is 2.08. The number of rotatable bonds is 2. The summed E-state index contributed by atoms with van der Waals surface area (Å²) in [5.74, 6) is 0.193. The summed E-state index contributed by atoms with van der Waals surface area (Å²) in [5, 5.41) is 0. The molecule has 1 aliphatic rings. The van der Waals surface area contributed by atoms with Gasteiger partial charge in [0, 0.05) is 37.6 Å². The Morgan fingerprint density at radius 3 is 2.33 bits per heavy atom. The molecule has 0 bridgehead atoms. The highest BCUT2D eigenvalue weighted by Crippen LogP contribution is 2.23. The first-order chi connectivity index (χ1) is 8.04. The first-order valence-electron chi connectivity index (χ1n) is 6.78. The quantitative estimate of drug-likeness (QED) is 0.809. The second-order valence-corrected chi connectivity index (χ2v) is 7.23. The van der Waals surface area contributed by atoms with Gasteiger partial charge in [-0.3, -0.25) is 9.69 Å². The van der Waals surface area contributed by atoms with Gasteiger partial charge in [0.15, 0.2) is 0 Å². The monoisotopic (exact) mass is 255 g/mol. The smallest absolute Gasteiger partial charge is 0.224 e. The van der Waals surface area contributed by atoms with Crippen molar-refractivity contribution in [2.24, 2.45) is 11.1 Å². The molecule has 1 aliphatic heterocycles. The van der Waals surface area contributed by atoms with Crippen LogP contribution in [0.25, 0.3) is 0 Å². The number of amides is 1. The molecule has 106 valence electrons. The Bertz CT molecular complexity index is 307. The summed E-state index contributed by atoms with van der Waals surface area (Å²) in [5.41, 5.74) is 6.13. The van der Waals surface area contributed by atoms with E-state index < -0.39 is 0 Å². The van der Waals surface area contributed by atoms with E-state index in [2.05, 4.69) is 46.6 Å². The number of nitrogens with zero attached hydrogens (tertiary/aromatic N) is 2. The maximum absolute atomic E-state index is 12.3. The van der Waals surface area contributed by atoms with Crippen molar-refractivity contribution < 1.29 is 4.79 Å². The van der Waals surface area contributed by atoms with E-state index in [-0.39, 0.29) is 22.9 Å². The van der Waals surface area contributed by atoms with E-state index in [1.54, 1.807) is 0 Å². The van der Waals surface area contributed by atoms with Crippen LogP contribution < -0.4 is 5.73 Å². The van der Waals surface area contributed by atoms with Gasteiger partial charge in [-0.25, -0.2) is 0 Å². The van der Waals surface area contributed by atoms with Gasteiger partial charge < -0.3 is 10.6 Å². The van der Waals surface area contributed by atoms with Crippen molar-refractivity contribution in [3.63, 3.8) is 0 Å². The minimum absolute atomic E-state index is 0.0161. The first-order valence-corrected chi connectivity index (χ1v) is 6.78. The molecule has 1 atom stereocenters. The molecule has 0 radical (unpaired) electrons. The van der Waals surface area contributed by atoms with Crippen molar-refractivity contribution in [1.29, 1.82) is 0 Å². The van der Waals surface area contributed by atoms with Crippen molar-refractivity contribution in [2.45, 2.75) is 52.6 Å². The minimum Gasteiger partial charge on any atom is -0.340 e. The molecule has 1 heterocycles. The van der Waals surface area contributed by atoms with Crippen LogP contribution >= 0.6 is 0 Å². The molecule has 4 nitrogen and oxygen atoms in total. The number of nitrogens with two attached hydrogens (primary N) is 1. The Hall–Kier alpha value is -0.610. The van der Waals surface area contributed by atoms with Crippen LogP contribution in [0.15, 0.2) is 0 Å². The standard InChI is InChI=1S/C14H29N3O/c1-13(2,3)11(15)9-12(18)17-8-7-16(6)14(4,5)10-17/h11H,7-10,15H2,1-6H3. The van der Waals surface area contributed by atoms with Gasteiger partial charge in [0.25, 0.3) is 0 Å². The predicted molar refractivity (Wildman–Crippen MR) is 75.3 cm³/mol. The molecular formula is C14H29N3O. The maximum atomic E-state index is 12.3. The zero-order chi connectivity index (χ0) is 14.1. The zero-order valence-electron chi connectivity index (χ0n) is 12.8. The zero-order valence-corrected chi connectivity index (χ0v) is 12.8. The summed E-state index contributed by atoms with van der Waals surface area (Å²) in [6.07, 6.45) is 0.448. The third-order valence-corrected chi connectivity index (χ3v) is 4.18. The minimum atomic E-state index is -0.0761. The largest absolute Gasteiger partial charge is 0.340 e. The molecular weight excluding hydrogens is 226 g/mol. The summed E-state index contributed by atoms with van der Waals surface area (Å²) in [4.78, 5) is 16.5. The van der Waals surface area contributed by atoms with Crippen molar-refractivity contribution >= 4 is 5.91 Å². The number of hydrogen-bond donors (Lipinski definition) is 1. The van der Waals surface area contributed by atoms with Crippen molar-refractivity contribution in [3.05, 3.63) is 0 Å². The molecule has 0 aromatic rings. The maximum Gasteiger partial charge on any atom is 0.224 e. The van der Waals surface area contributed by atoms with E-state index in [0.717, 1.165) is 19.6 Å². The van der Waals surface area contributed by atoms with Crippen molar-refractivity contribution in [2.75, 3.05) is 26.7 Å². The molecule has 18 heavy (non-hydrogen) atoms. The number of carbonyl (C=O) groups is 1. The van der Waals surface area contributed by atoms with E-state index in [4.69, 9.17) is 5.73 Å². The molecule has 0 aliphatic carbocycles. The fourth-order valence-corrected chi connectivity index (χ4v) is 2.08. The molecule has 0 aromatic heterocycles. The van der Waals surface area contributed by atoms with E-state index in [1.165, 1.54) is 0 Å². The molecule has 2 N–H and O–H groups in total. The van der Waals surface area contributed by atoms with E-state index in [1.807, 2.05) is 4.90 Å². The highest BCUT2D eigenvalue weighted by Gasteiger charge is 2.34. The topological polar surface area (TPSA) is 49.6 Å². The van der Waals surface area contributed by atoms with Crippen LogP contribution in [-0.4, -0.2) is 54.0 Å². The van der Waals surface area contributed by atoms with Crippen LogP contribution in [0.4, 0.5) is 0 Å². The van der Waals surface area contributed by atoms with Crippen LogP contribution in [0, 0.1) is 5.41 Å². The van der Waals surface area contributed by atoms with Gasteiger partial charge in [0.2, 0.25) is 5.91 Å². The number of carbonyl (C=O) groups excluding carboxylic acids is 1. The summed E-state index contributed by atoms with van der Waals surface area (Å²) < 4.78 is 0. The van der Waals surface area contributed by atoms with Gasteiger partial charge in [-0.1, -0.05) is 20.8 Å². The molecule has 1 fully saturated rings. The number of piperazine rings is 1. The molecule has 1 saturated heterocycles. The molecule has 1 amide bonds. The summed E-state index contributed by atoms with van der Waals surface area (Å²) >= 11 is 0. The van der Waals surface area contributed by atoms with Crippen molar-refractivity contribution in [1.82, 2.24) is 9.80 Å². The van der Waals surface area contributed by atoms with Gasteiger partial charge >= 0.3 is 0 Å². The summed E-state index contributed by atoms with van der Waals surface area (Å²) in [7, 11) is 2.11. The van der Waals surface area contributed by atoms with Gasteiger partial charge in [0.05, 0.1) is 0 Å². The van der Waals surface area contributed by atoms with Gasteiger partial charge in [-0.05, 0) is 26.3 Å². The third kappa shape index (κ3) is 3.69. The van der Waals surface area contributed by atoms with Crippen LogP contribution in [0.1, 0.15) is 41.0 Å². The molecule has 4 heteroatoms. The van der Waals surface area contributed by atoms with Crippen molar-refractivity contribution in [3.8, 4) is 0 Å². The lowest BCUT2D eigenvalue weighted by Crippen LogP contribution is -2.59. The Kier molecular flexibility index (Phi) is 4.44. The predicted octanol–water partition coefficient (Wildman–Crippen LogP) is 1.30. The highest BCUT2D eigenvalue weighted by atomic mass is 16.2. The van der Waals surface area contributed by atoms with Crippen LogP contribution in [-0.2, 0) is 4.79 Å². The second-order valence-electron chi connectivity index (χ2n) is 7.23. The number of likely N-dealkylation sites (N-methyl/N-ethyl adjacent to an activating group) is 1. The summed E-state index contributed by atoms with van der Waals surface area (Å²) in [6.45, 7) is 13.1. The lowest BCUT2D eigenvalue weighted by molar-refractivity contribution is -0.136. The first kappa shape index (κ1) is 15.4. The Balaban J connectivity index is 2.59. The van der Waals surface area contributed by atoms with Crippen LogP contribution in [0.3, 0.4) is 0 Å². The average molecular weight is 255 g/mol. The normalized spacial score (nSPS) is 22.9. The summed E-state index contributed by atoms with van der Waals surface area (Å²) in [6, 6.07) is -0.0761. The Morgan fingerprint density at radius 2 is 1.89 bits per heavy atom. The Morgan fingerprint density at radius 1 is 1.33 bits per heavy atom. The van der Waals surface area contributed by atoms with Crippen LogP contribution in [0.2, 0.25) is 0 Å². The second kappa shape index (κ2) is 5.17. The molecule has 0 saturated carbocycles. The SMILES string of the molecule is CN1CCN(C(=O)CC(N)C(C)(C)C)CC1(C)C. The van der Waals surface area contributed by atoms with E-state index >= 15 is 0 Å². The average Bonchev–Trinajstić information content (AvgIpc) is 2.20. The number of hydrogen-bond acceptors (Lipinski definition) is 3. The van der Waals surface area contributed by atoms with Gasteiger partial charge in [-0.15, -0.1) is 0 Å². The molecule has 1 rings (SSSR count). The Labute approximate surface area is 111 Å². The molecule has 1 unspecified atom stereocenters. The van der Waals surface area contributed by atoms with E-state index in [0.29, 0.717) is 6.42 Å². The van der Waals surface area contributed by atoms with E-state index in [9.17, 15) is 4.79 Å². The fraction of sp³-hybridized carbons (Fsp3) is 0.929. The van der Waals surface area contributed by atoms with Gasteiger partial charge in [0.1, 0.15) is 0 Å². The van der Waals surface area contributed by atoms with Gasteiger partial charge in [-0.2, -0.15) is 0 Å². The third-order valence-electron chi connectivity index (χ3n) is 4.18. The van der Waals surface area contributed by atoms with Crippen LogP contribution in [0.5, 0.6) is 0 Å². The highest BCUT2D eigenvalue weighted by molar-refractivity contribution is 5.77. The lowest BCUT2D eigenvalue weighted by atomic mass is 9.85. The lowest BCUT2D eigenvalue weighted by Gasteiger charge is -2.45. The molecule has 0 spiro atoms.